The Kier molecular flexibility index (Phi) is 9.89. The third kappa shape index (κ3) is 6.65. The molecule has 0 aromatic carbocycles. The van der Waals surface area contributed by atoms with Crippen LogP contribution in [0.2, 0.25) is 0 Å². The van der Waals surface area contributed by atoms with E-state index in [4.69, 9.17) is 4.84 Å². The second-order valence-corrected chi connectivity index (χ2v) is 11.4. The lowest BCUT2D eigenvalue weighted by Crippen LogP contribution is -2.74. The summed E-state index contributed by atoms with van der Waals surface area (Å²) in [6.07, 6.45) is 2.04. The average Bonchev–Trinajstić information content (AvgIpc) is 3.62. The third-order valence-corrected chi connectivity index (χ3v) is 9.43. The van der Waals surface area contributed by atoms with Gasteiger partial charge in [0.2, 0.25) is 17.5 Å². The van der Waals surface area contributed by atoms with E-state index in [9.17, 15) is 29.1 Å². The first-order valence-electron chi connectivity index (χ1n) is 11.7. The van der Waals surface area contributed by atoms with Crippen molar-refractivity contribution in [2.24, 2.45) is 10.6 Å². The fourth-order valence-corrected chi connectivity index (χ4v) is 7.20. The van der Waals surface area contributed by atoms with Gasteiger partial charge in [-0.25, -0.2) is 9.67 Å². The van der Waals surface area contributed by atoms with Crippen LogP contribution in [-0.2, 0) is 40.1 Å². The van der Waals surface area contributed by atoms with Gasteiger partial charge in [-0.15, -0.1) is 34.8 Å². The highest BCUT2D eigenvalue weighted by molar-refractivity contribution is 8.00. The molecule has 2 unspecified atom stereocenters. The number of β-lactam (4-membered cyclic amide) rings is 1. The minimum atomic E-state index is -1.27. The molecule has 4 heterocycles. The molecule has 41 heavy (non-hydrogen) atoms. The average molecular weight is 626 g/mol. The number of amides is 3. The van der Waals surface area contributed by atoms with E-state index in [0.717, 1.165) is 11.3 Å². The highest BCUT2D eigenvalue weighted by atomic mass is 32.2. The minimum Gasteiger partial charge on any atom is -0.481 e. The van der Waals surface area contributed by atoms with Gasteiger partial charge < -0.3 is 30.2 Å². The van der Waals surface area contributed by atoms with Crippen LogP contribution in [0.1, 0.15) is 5.69 Å². The van der Waals surface area contributed by atoms with Gasteiger partial charge in [0.25, 0.3) is 12.4 Å². The van der Waals surface area contributed by atoms with Crippen molar-refractivity contribution in [2.75, 3.05) is 36.6 Å². The largest absolute Gasteiger partial charge is 0.481 e. The van der Waals surface area contributed by atoms with Crippen molar-refractivity contribution in [3.05, 3.63) is 23.7 Å². The molecule has 2 aliphatic rings. The number of nitrogens with one attached hydrogen (secondary N) is 2. The number of nitrogens with zero attached hydrogens (tertiary/aromatic N) is 7. The number of carboxylic acid groups (broad SMARTS) is 1. The summed E-state index contributed by atoms with van der Waals surface area (Å²) < 4.78 is 6.01. The summed E-state index contributed by atoms with van der Waals surface area (Å²) in [5.41, 5.74) is -1.46. The number of hydrogen-bond donors (Lipinski definition) is 3. The number of aliphatic carboxylic acids is 1. The Labute approximate surface area is 244 Å². The lowest BCUT2D eigenvalue weighted by Gasteiger charge is -2.53. The summed E-state index contributed by atoms with van der Waals surface area (Å²) in [5.74, 6) is -2.00. The molecule has 0 spiro atoms. The Bertz CT molecular complexity index is 1350. The van der Waals surface area contributed by atoms with Crippen LogP contribution < -0.4 is 10.6 Å². The topological polar surface area (TPSA) is 220 Å². The predicted molar refractivity (Wildman–Crippen MR) is 145 cm³/mol. The molecule has 2 aliphatic heterocycles. The van der Waals surface area contributed by atoms with Crippen LogP contribution in [0.25, 0.3) is 0 Å². The maximum Gasteiger partial charge on any atom is 0.313 e. The molecule has 2 saturated heterocycles. The van der Waals surface area contributed by atoms with Crippen molar-refractivity contribution in [1.29, 1.82) is 0 Å². The Morgan fingerprint density at radius 2 is 2.20 bits per heavy atom. The van der Waals surface area contributed by atoms with Gasteiger partial charge in [0.05, 0.1) is 6.54 Å². The molecule has 2 aromatic rings. The van der Waals surface area contributed by atoms with E-state index in [1.165, 1.54) is 38.5 Å². The van der Waals surface area contributed by atoms with Crippen molar-refractivity contribution in [2.45, 2.75) is 23.1 Å². The first kappa shape index (κ1) is 29.9. The molecule has 3 atom stereocenters. The smallest absolute Gasteiger partial charge is 0.313 e. The van der Waals surface area contributed by atoms with Crippen LogP contribution in [0.15, 0.2) is 28.3 Å². The highest BCUT2D eigenvalue weighted by Crippen LogP contribution is 2.44. The van der Waals surface area contributed by atoms with Crippen molar-refractivity contribution in [3.8, 4) is 0 Å². The van der Waals surface area contributed by atoms with Crippen LogP contribution in [0.4, 0.5) is 5.13 Å². The number of anilines is 1. The number of fused-ring (bicyclic) bond motifs is 1. The second kappa shape index (κ2) is 13.5. The molecule has 3 N–H and O–H groups in total. The summed E-state index contributed by atoms with van der Waals surface area (Å²) in [6.45, 7) is 3.91. The van der Waals surface area contributed by atoms with Crippen LogP contribution >= 0.6 is 34.9 Å². The monoisotopic (exact) mass is 625 g/mol. The van der Waals surface area contributed by atoms with E-state index in [1.807, 2.05) is 0 Å². The molecule has 0 aliphatic carbocycles. The van der Waals surface area contributed by atoms with Gasteiger partial charge in [-0.1, -0.05) is 23.0 Å². The number of carboxylic acids is 1. The summed E-state index contributed by atoms with van der Waals surface area (Å²) >= 11 is 3.45. The lowest BCUT2D eigenvalue weighted by molar-refractivity contribution is -0.157. The number of rotatable bonds is 16. The first-order valence-corrected chi connectivity index (χ1v) is 14.6. The van der Waals surface area contributed by atoms with E-state index < -0.39 is 34.6 Å². The number of thiazole rings is 1. The zero-order valence-corrected chi connectivity index (χ0v) is 23.5. The standard InChI is InChI=1S/C21H23N9O8S3/c1-2-3-30-20(25-27-28-30)41-9-21(18(35)36)7-29-16(34)14(17(29)40-8-21)24-15(33)13(26-38-5-4-37-11-32)12-6-39-19(23-12)22-10-31/h2,6,10-11,14,17H,1,3-5,7-9H2,(H,24,33)(H,35,36)(H,22,23,31)/t14?,17-,21?/m1/s1. The molecule has 2 fully saturated rings. The highest BCUT2D eigenvalue weighted by Gasteiger charge is 2.57. The van der Waals surface area contributed by atoms with Gasteiger partial charge in [0.15, 0.2) is 17.5 Å². The van der Waals surface area contributed by atoms with Gasteiger partial charge in [-0.3, -0.25) is 24.0 Å². The van der Waals surface area contributed by atoms with Crippen LogP contribution in [0.5, 0.6) is 0 Å². The maximum atomic E-state index is 13.2. The zero-order valence-electron chi connectivity index (χ0n) is 21.1. The maximum absolute atomic E-state index is 13.2. The van der Waals surface area contributed by atoms with Gasteiger partial charge >= 0.3 is 5.97 Å². The Morgan fingerprint density at radius 1 is 1.37 bits per heavy atom. The van der Waals surface area contributed by atoms with Gasteiger partial charge in [-0.05, 0) is 10.4 Å². The SMILES string of the molecule is C=CCn1nnnc1SCC1(C(=O)O)CS[C@@H]2C(NC(=O)C(=NOCCOC=O)c3csc(NC=O)n3)C(=O)N2C1. The summed E-state index contributed by atoms with van der Waals surface area (Å²) in [5, 5.41) is 31.9. The third-order valence-electron chi connectivity index (χ3n) is 5.82. The van der Waals surface area contributed by atoms with E-state index in [2.05, 4.69) is 47.6 Å². The lowest BCUT2D eigenvalue weighted by atomic mass is 9.89. The van der Waals surface area contributed by atoms with E-state index in [1.54, 1.807) is 6.08 Å². The molecular weight excluding hydrogens is 602 g/mol. The van der Waals surface area contributed by atoms with Crippen LogP contribution in [-0.4, -0.2) is 114 Å². The first-order chi connectivity index (χ1) is 19.8. The predicted octanol–water partition coefficient (Wildman–Crippen LogP) is -0.959. The molecular formula is C21H23N9O8S3. The van der Waals surface area contributed by atoms with Crippen molar-refractivity contribution in [3.63, 3.8) is 0 Å². The normalized spacial score (nSPS) is 21.7. The molecule has 2 aromatic heterocycles. The number of thioether (sulfide) groups is 2. The molecule has 0 radical (unpaired) electrons. The molecule has 17 nitrogen and oxygen atoms in total. The fraction of sp³-hybridized carbons (Fsp3) is 0.429. The van der Waals surface area contributed by atoms with Crippen LogP contribution in [0, 0.1) is 5.41 Å². The Hall–Kier alpha value is -4.04. The number of carbonyl (C=O) groups excluding carboxylic acids is 4. The number of hydrogen-bond acceptors (Lipinski definition) is 15. The molecule has 3 amide bonds. The number of aromatic nitrogens is 5. The summed E-state index contributed by atoms with van der Waals surface area (Å²) in [4.78, 5) is 70.2. The van der Waals surface area contributed by atoms with E-state index >= 15 is 0 Å². The van der Waals surface area contributed by atoms with Gasteiger partial charge in [-0.2, -0.15) is 0 Å². The minimum absolute atomic E-state index is 0.0607. The quantitative estimate of drug-likeness (QED) is 0.0389. The molecule has 20 heteroatoms. The number of carbonyl (C=O) groups is 5. The van der Waals surface area contributed by atoms with Crippen molar-refractivity contribution >= 4 is 76.4 Å². The second-order valence-electron chi connectivity index (χ2n) is 8.47. The molecule has 0 bridgehead atoms. The van der Waals surface area contributed by atoms with E-state index in [-0.39, 0.29) is 54.3 Å². The van der Waals surface area contributed by atoms with E-state index in [0.29, 0.717) is 18.1 Å². The van der Waals surface area contributed by atoms with Gasteiger partial charge in [0.1, 0.15) is 29.1 Å². The van der Waals surface area contributed by atoms with Crippen molar-refractivity contribution < 1.29 is 38.7 Å². The molecule has 4 rings (SSSR count). The fourth-order valence-electron chi connectivity index (χ4n) is 3.80. The summed E-state index contributed by atoms with van der Waals surface area (Å²) in [6, 6.07) is -0.943. The number of oxime groups is 1. The van der Waals surface area contributed by atoms with Crippen molar-refractivity contribution in [1.82, 2.24) is 35.4 Å². The molecule has 0 saturated carbocycles. The van der Waals surface area contributed by atoms with Gasteiger partial charge in [0, 0.05) is 23.4 Å². The van der Waals surface area contributed by atoms with Crippen LogP contribution in [0.3, 0.4) is 0 Å². The Balaban J connectivity index is 1.42. The number of ether oxygens (including phenoxy) is 1. The Morgan fingerprint density at radius 3 is 2.93 bits per heavy atom. The number of allylic oxidation sites excluding steroid dienone is 1. The number of tetrazole rings is 1. The summed E-state index contributed by atoms with van der Waals surface area (Å²) in [7, 11) is 0. The zero-order chi connectivity index (χ0) is 29.4. The molecule has 218 valence electrons.